The summed E-state index contributed by atoms with van der Waals surface area (Å²) in [7, 11) is 0. The van der Waals surface area contributed by atoms with Crippen molar-refractivity contribution in [2.75, 3.05) is 6.61 Å². The number of fused-ring (bicyclic) bond motifs is 1. The van der Waals surface area contributed by atoms with Crippen LogP contribution in [0.25, 0.3) is 0 Å². The first kappa shape index (κ1) is 14.6. The van der Waals surface area contributed by atoms with Gasteiger partial charge in [0.1, 0.15) is 0 Å². The Balaban J connectivity index is 2.13. The smallest absolute Gasteiger partial charge is 0.224 e. The van der Waals surface area contributed by atoms with Crippen LogP contribution in [0.5, 0.6) is 5.88 Å². The maximum Gasteiger partial charge on any atom is 0.224 e. The van der Waals surface area contributed by atoms with Crippen molar-refractivity contribution in [1.82, 2.24) is 4.98 Å². The molecule has 0 aromatic carbocycles. The minimum absolute atomic E-state index is 0.0612. The van der Waals surface area contributed by atoms with Crippen molar-refractivity contribution in [3.8, 4) is 5.88 Å². The molecule has 0 fully saturated rings. The summed E-state index contributed by atoms with van der Waals surface area (Å²) in [4.78, 5) is 4.54. The Labute approximate surface area is 119 Å². The van der Waals surface area contributed by atoms with Gasteiger partial charge in [0.05, 0.1) is 12.2 Å². The average Bonchev–Trinajstić information content (AvgIpc) is 2.88. The van der Waals surface area contributed by atoms with Crippen LogP contribution in [0.15, 0.2) is 11.2 Å². The van der Waals surface area contributed by atoms with Gasteiger partial charge in [0.2, 0.25) is 5.88 Å². The molecule has 0 radical (unpaired) electrons. The molecule has 0 spiro atoms. The van der Waals surface area contributed by atoms with Crippen LogP contribution in [-0.2, 0) is 12.8 Å². The average molecular weight is 277 g/mol. The molecule has 0 unspecified atom stereocenters. The normalized spacial score (nSPS) is 14.7. The van der Waals surface area contributed by atoms with E-state index >= 15 is 0 Å². The lowest BCUT2D eigenvalue weighted by atomic mass is 10.1. The van der Waals surface area contributed by atoms with Gasteiger partial charge in [0.15, 0.2) is 5.84 Å². The van der Waals surface area contributed by atoms with Gasteiger partial charge in [-0.25, -0.2) is 4.98 Å². The Morgan fingerprint density at radius 2 is 2.30 bits per heavy atom. The van der Waals surface area contributed by atoms with Crippen molar-refractivity contribution < 1.29 is 9.94 Å². The fourth-order valence-electron chi connectivity index (χ4n) is 2.46. The van der Waals surface area contributed by atoms with E-state index in [9.17, 15) is 0 Å². The highest BCUT2D eigenvalue weighted by molar-refractivity contribution is 5.99. The molecule has 0 saturated heterocycles. The predicted molar refractivity (Wildman–Crippen MR) is 78.3 cm³/mol. The number of hydrogen-bond donors (Lipinski definition) is 2. The highest BCUT2D eigenvalue weighted by atomic mass is 16.5. The molecule has 3 N–H and O–H groups in total. The van der Waals surface area contributed by atoms with E-state index in [1.165, 1.54) is 5.56 Å². The summed E-state index contributed by atoms with van der Waals surface area (Å²) in [5, 5.41) is 12.0. The quantitative estimate of drug-likeness (QED) is 0.275. The molecule has 5 heteroatoms. The second kappa shape index (κ2) is 6.59. The van der Waals surface area contributed by atoms with E-state index in [1.807, 2.05) is 6.07 Å². The zero-order valence-electron chi connectivity index (χ0n) is 12.2. The highest BCUT2D eigenvalue weighted by Gasteiger charge is 2.19. The number of rotatable bonds is 6. The molecule has 1 aliphatic carbocycles. The van der Waals surface area contributed by atoms with Crippen LogP contribution in [0.3, 0.4) is 0 Å². The molecular formula is C15H23N3O2. The number of hydrogen-bond acceptors (Lipinski definition) is 4. The van der Waals surface area contributed by atoms with Crippen molar-refractivity contribution in [3.05, 3.63) is 22.9 Å². The number of pyridine rings is 1. The summed E-state index contributed by atoms with van der Waals surface area (Å²) < 4.78 is 5.75. The van der Waals surface area contributed by atoms with E-state index in [4.69, 9.17) is 15.7 Å². The molecule has 110 valence electrons. The van der Waals surface area contributed by atoms with E-state index < -0.39 is 0 Å². The van der Waals surface area contributed by atoms with Gasteiger partial charge in [-0.15, -0.1) is 0 Å². The molecule has 0 bridgehead atoms. The van der Waals surface area contributed by atoms with Crippen molar-refractivity contribution in [3.63, 3.8) is 0 Å². The Morgan fingerprint density at radius 1 is 1.50 bits per heavy atom. The molecule has 0 saturated carbocycles. The van der Waals surface area contributed by atoms with Crippen LogP contribution in [-0.4, -0.2) is 22.6 Å². The summed E-state index contributed by atoms with van der Waals surface area (Å²) in [6, 6.07) is 1.95. The fraction of sp³-hybridized carbons (Fsp3) is 0.600. The first-order chi connectivity index (χ1) is 9.61. The SMILES string of the molecule is CC(C)CCCOc1nc2c(cc1C(N)=NO)CCC2. The second-order valence-electron chi connectivity index (χ2n) is 5.67. The third-order valence-corrected chi connectivity index (χ3v) is 3.56. The summed E-state index contributed by atoms with van der Waals surface area (Å²) in [6.45, 7) is 4.99. The molecule has 1 heterocycles. The Kier molecular flexibility index (Phi) is 4.82. The molecular weight excluding hydrogens is 254 g/mol. The number of nitrogens with two attached hydrogens (primary N) is 1. The van der Waals surface area contributed by atoms with Gasteiger partial charge in [-0.1, -0.05) is 19.0 Å². The maximum atomic E-state index is 8.89. The van der Waals surface area contributed by atoms with Crippen LogP contribution < -0.4 is 10.5 Å². The van der Waals surface area contributed by atoms with Crippen molar-refractivity contribution in [1.29, 1.82) is 0 Å². The third-order valence-electron chi connectivity index (χ3n) is 3.56. The van der Waals surface area contributed by atoms with Crippen LogP contribution in [0.2, 0.25) is 0 Å². The van der Waals surface area contributed by atoms with Gasteiger partial charge >= 0.3 is 0 Å². The minimum atomic E-state index is 0.0612. The number of aromatic nitrogens is 1. The summed E-state index contributed by atoms with van der Waals surface area (Å²) in [5.41, 5.74) is 8.58. The summed E-state index contributed by atoms with van der Waals surface area (Å²) in [6.07, 6.45) is 5.18. The zero-order valence-corrected chi connectivity index (χ0v) is 12.2. The highest BCUT2D eigenvalue weighted by Crippen LogP contribution is 2.26. The Bertz CT molecular complexity index is 498. The minimum Gasteiger partial charge on any atom is -0.477 e. The Morgan fingerprint density at radius 3 is 3.00 bits per heavy atom. The van der Waals surface area contributed by atoms with E-state index in [1.54, 1.807) is 0 Å². The first-order valence-electron chi connectivity index (χ1n) is 7.25. The standard InChI is InChI=1S/C15H23N3O2/c1-10(2)5-4-8-20-15-12(14(16)18-19)9-11-6-3-7-13(11)17-15/h9-10,19H,3-8H2,1-2H3,(H2,16,18). The number of oxime groups is 1. The van der Waals surface area contributed by atoms with Gasteiger partial charge in [0.25, 0.3) is 0 Å². The maximum absolute atomic E-state index is 8.89. The molecule has 2 rings (SSSR count). The molecule has 0 aliphatic heterocycles. The Hall–Kier alpha value is -1.78. The van der Waals surface area contributed by atoms with Crippen LogP contribution in [0, 0.1) is 5.92 Å². The lowest BCUT2D eigenvalue weighted by Gasteiger charge is -2.12. The van der Waals surface area contributed by atoms with Crippen LogP contribution in [0.4, 0.5) is 0 Å². The molecule has 0 amide bonds. The molecule has 0 atom stereocenters. The molecule has 20 heavy (non-hydrogen) atoms. The molecule has 1 aliphatic rings. The van der Waals surface area contributed by atoms with Crippen LogP contribution >= 0.6 is 0 Å². The number of nitrogens with zero attached hydrogens (tertiary/aromatic N) is 2. The lowest BCUT2D eigenvalue weighted by Crippen LogP contribution is -2.17. The summed E-state index contributed by atoms with van der Waals surface area (Å²) >= 11 is 0. The van der Waals surface area contributed by atoms with Crippen molar-refractivity contribution >= 4 is 5.84 Å². The van der Waals surface area contributed by atoms with Crippen molar-refractivity contribution in [2.45, 2.75) is 46.0 Å². The molecule has 1 aromatic heterocycles. The van der Waals surface area contributed by atoms with Crippen molar-refractivity contribution in [2.24, 2.45) is 16.8 Å². The van der Waals surface area contributed by atoms with E-state index in [-0.39, 0.29) is 5.84 Å². The first-order valence-corrected chi connectivity index (χ1v) is 7.25. The summed E-state index contributed by atoms with van der Waals surface area (Å²) in [5.74, 6) is 1.21. The van der Waals surface area contributed by atoms with Gasteiger partial charge in [-0.05, 0) is 49.7 Å². The fourth-order valence-corrected chi connectivity index (χ4v) is 2.46. The van der Waals surface area contributed by atoms with E-state index in [0.717, 1.165) is 37.8 Å². The van der Waals surface area contributed by atoms with Gasteiger partial charge in [-0.3, -0.25) is 0 Å². The second-order valence-corrected chi connectivity index (χ2v) is 5.67. The van der Waals surface area contributed by atoms with Crippen LogP contribution in [0.1, 0.15) is 49.9 Å². The predicted octanol–water partition coefficient (Wildman–Crippen LogP) is 2.48. The number of aryl methyl sites for hydroxylation is 2. The topological polar surface area (TPSA) is 80.7 Å². The molecule has 5 nitrogen and oxygen atoms in total. The lowest BCUT2D eigenvalue weighted by molar-refractivity contribution is 0.285. The monoisotopic (exact) mass is 277 g/mol. The third kappa shape index (κ3) is 3.40. The van der Waals surface area contributed by atoms with E-state index in [2.05, 4.69) is 24.0 Å². The zero-order chi connectivity index (χ0) is 14.5. The number of amidine groups is 1. The molecule has 1 aromatic rings. The van der Waals surface area contributed by atoms with E-state index in [0.29, 0.717) is 24.0 Å². The number of ether oxygens (including phenoxy) is 1. The van der Waals surface area contributed by atoms with Gasteiger partial charge in [-0.2, -0.15) is 0 Å². The van der Waals surface area contributed by atoms with Gasteiger partial charge in [0, 0.05) is 5.69 Å². The van der Waals surface area contributed by atoms with Gasteiger partial charge < -0.3 is 15.7 Å². The largest absolute Gasteiger partial charge is 0.477 e.